The third kappa shape index (κ3) is 2.09. The second-order valence-corrected chi connectivity index (χ2v) is 5.27. The lowest BCUT2D eigenvalue weighted by atomic mass is 9.89. The molecule has 1 aliphatic carbocycles. The van der Waals surface area contributed by atoms with Crippen molar-refractivity contribution in [2.75, 3.05) is 0 Å². The largest absolute Gasteiger partial charge is 0.293 e. The summed E-state index contributed by atoms with van der Waals surface area (Å²) < 4.78 is 1.86. The minimum Gasteiger partial charge on any atom is -0.293 e. The van der Waals surface area contributed by atoms with E-state index < -0.39 is 0 Å². The molecular formula is C16H18N2O. The molecule has 0 aliphatic heterocycles. The van der Waals surface area contributed by atoms with Crippen LogP contribution in [0.2, 0.25) is 0 Å². The van der Waals surface area contributed by atoms with Crippen molar-refractivity contribution in [2.24, 2.45) is 0 Å². The fourth-order valence-corrected chi connectivity index (χ4v) is 2.64. The first kappa shape index (κ1) is 12.2. The van der Waals surface area contributed by atoms with Gasteiger partial charge in [0.05, 0.1) is 17.2 Å². The number of ketones is 1. The molecule has 3 nitrogen and oxygen atoms in total. The highest BCUT2D eigenvalue weighted by molar-refractivity contribution is 6.05. The van der Waals surface area contributed by atoms with Crippen LogP contribution >= 0.6 is 0 Å². The average molecular weight is 254 g/mol. The Kier molecular flexibility index (Phi) is 2.97. The Labute approximate surface area is 113 Å². The van der Waals surface area contributed by atoms with Gasteiger partial charge in [-0.3, -0.25) is 9.48 Å². The lowest BCUT2D eigenvalue weighted by Crippen LogP contribution is -2.20. The van der Waals surface area contributed by atoms with Crippen LogP contribution < -0.4 is 0 Å². The van der Waals surface area contributed by atoms with Gasteiger partial charge in [0, 0.05) is 12.7 Å². The van der Waals surface area contributed by atoms with E-state index in [2.05, 4.69) is 24.2 Å². The molecule has 0 radical (unpaired) electrons. The number of Topliss-reactive ketones (excluding diaryl/α,β-unsaturated/α-hetero) is 1. The molecule has 0 amide bonds. The summed E-state index contributed by atoms with van der Waals surface area (Å²) in [7, 11) is 0. The smallest absolute Gasteiger partial charge is 0.176 e. The molecule has 3 heteroatoms. The van der Waals surface area contributed by atoms with Crippen molar-refractivity contribution >= 4 is 5.78 Å². The number of benzene rings is 1. The van der Waals surface area contributed by atoms with Gasteiger partial charge in [-0.25, -0.2) is 0 Å². The number of rotatable bonds is 5. The quantitative estimate of drug-likeness (QED) is 0.768. The fourth-order valence-electron chi connectivity index (χ4n) is 2.64. The van der Waals surface area contributed by atoms with E-state index in [0.717, 1.165) is 36.9 Å². The van der Waals surface area contributed by atoms with Crippen molar-refractivity contribution in [3.05, 3.63) is 53.9 Å². The molecule has 1 aliphatic rings. The molecule has 2 aromatic rings. The topological polar surface area (TPSA) is 34.9 Å². The Balaban J connectivity index is 1.87. The molecule has 1 aromatic carbocycles. The SMILES string of the molecule is CCCn1cc(C(=O)C2(c3ccccc3)CC2)cn1. The first-order chi connectivity index (χ1) is 9.26. The van der Waals surface area contributed by atoms with Gasteiger partial charge in [0.25, 0.3) is 0 Å². The summed E-state index contributed by atoms with van der Waals surface area (Å²) >= 11 is 0. The van der Waals surface area contributed by atoms with Crippen molar-refractivity contribution in [2.45, 2.75) is 38.1 Å². The summed E-state index contributed by atoms with van der Waals surface area (Å²) in [5.41, 5.74) is 1.61. The van der Waals surface area contributed by atoms with Gasteiger partial charge < -0.3 is 0 Å². The van der Waals surface area contributed by atoms with Crippen LogP contribution in [0.4, 0.5) is 0 Å². The van der Waals surface area contributed by atoms with Gasteiger partial charge in [0.15, 0.2) is 5.78 Å². The lowest BCUT2D eigenvalue weighted by Gasteiger charge is -2.12. The highest BCUT2D eigenvalue weighted by Crippen LogP contribution is 2.50. The molecular weight excluding hydrogens is 236 g/mol. The molecule has 0 bridgehead atoms. The summed E-state index contributed by atoms with van der Waals surface area (Å²) in [5.74, 6) is 0.223. The molecule has 3 rings (SSSR count). The number of nitrogens with zero attached hydrogens (tertiary/aromatic N) is 2. The Bertz CT molecular complexity index is 582. The van der Waals surface area contributed by atoms with Gasteiger partial charge in [-0.15, -0.1) is 0 Å². The maximum absolute atomic E-state index is 12.7. The van der Waals surface area contributed by atoms with E-state index in [4.69, 9.17) is 0 Å². The normalized spacial score (nSPS) is 16.3. The van der Waals surface area contributed by atoms with E-state index in [1.54, 1.807) is 6.20 Å². The molecule has 1 saturated carbocycles. The van der Waals surface area contributed by atoms with E-state index in [-0.39, 0.29) is 11.2 Å². The summed E-state index contributed by atoms with van der Waals surface area (Å²) in [5, 5.41) is 4.26. The molecule has 1 fully saturated rings. The van der Waals surface area contributed by atoms with Crippen molar-refractivity contribution < 1.29 is 4.79 Å². The first-order valence-corrected chi connectivity index (χ1v) is 6.89. The zero-order chi connectivity index (χ0) is 13.3. The molecule has 0 unspecified atom stereocenters. The second kappa shape index (κ2) is 4.65. The Morgan fingerprint density at radius 2 is 2.05 bits per heavy atom. The van der Waals surface area contributed by atoms with Crippen LogP contribution in [0.15, 0.2) is 42.7 Å². The Hall–Kier alpha value is -1.90. The average Bonchev–Trinajstić information content (AvgIpc) is 3.14. The van der Waals surface area contributed by atoms with Gasteiger partial charge in [-0.1, -0.05) is 37.3 Å². The number of carbonyl (C=O) groups is 1. The molecule has 1 aromatic heterocycles. The Morgan fingerprint density at radius 1 is 1.32 bits per heavy atom. The number of aryl methyl sites for hydroxylation is 1. The first-order valence-electron chi connectivity index (χ1n) is 6.89. The summed E-state index contributed by atoms with van der Waals surface area (Å²) in [6, 6.07) is 10.1. The van der Waals surface area contributed by atoms with Crippen molar-refractivity contribution in [1.82, 2.24) is 9.78 Å². The monoisotopic (exact) mass is 254 g/mol. The summed E-state index contributed by atoms with van der Waals surface area (Å²) in [6.45, 7) is 2.97. The van der Waals surface area contributed by atoms with Crippen LogP contribution in [0.25, 0.3) is 0 Å². The maximum atomic E-state index is 12.7. The summed E-state index contributed by atoms with van der Waals surface area (Å²) in [4.78, 5) is 12.7. The van der Waals surface area contributed by atoms with Crippen LogP contribution in [-0.2, 0) is 12.0 Å². The zero-order valence-electron chi connectivity index (χ0n) is 11.2. The van der Waals surface area contributed by atoms with Crippen LogP contribution in [-0.4, -0.2) is 15.6 Å². The van der Waals surface area contributed by atoms with E-state index >= 15 is 0 Å². The van der Waals surface area contributed by atoms with Gasteiger partial charge in [-0.2, -0.15) is 5.10 Å². The van der Waals surface area contributed by atoms with Crippen molar-refractivity contribution in [3.8, 4) is 0 Å². The van der Waals surface area contributed by atoms with E-state index in [0.29, 0.717) is 0 Å². The van der Waals surface area contributed by atoms with Crippen LogP contribution in [0.3, 0.4) is 0 Å². The number of hydrogen-bond acceptors (Lipinski definition) is 2. The number of hydrogen-bond donors (Lipinski definition) is 0. The summed E-state index contributed by atoms with van der Waals surface area (Å²) in [6.07, 6.45) is 6.53. The van der Waals surface area contributed by atoms with Gasteiger partial charge in [0.1, 0.15) is 0 Å². The lowest BCUT2D eigenvalue weighted by molar-refractivity contribution is 0.0946. The molecule has 0 atom stereocenters. The highest BCUT2D eigenvalue weighted by atomic mass is 16.1. The molecule has 98 valence electrons. The standard InChI is InChI=1S/C16H18N2O/c1-2-10-18-12-13(11-17-18)15(19)16(8-9-16)14-6-4-3-5-7-14/h3-7,11-12H,2,8-10H2,1H3. The molecule has 0 N–H and O–H groups in total. The van der Waals surface area contributed by atoms with Crippen LogP contribution in [0.5, 0.6) is 0 Å². The highest BCUT2D eigenvalue weighted by Gasteiger charge is 2.51. The van der Waals surface area contributed by atoms with Crippen LogP contribution in [0.1, 0.15) is 42.1 Å². The number of carbonyl (C=O) groups excluding carboxylic acids is 1. The predicted molar refractivity (Wildman–Crippen MR) is 74.2 cm³/mol. The molecule has 0 spiro atoms. The third-order valence-corrected chi connectivity index (χ3v) is 3.86. The number of aromatic nitrogens is 2. The Morgan fingerprint density at radius 3 is 2.68 bits per heavy atom. The molecule has 0 saturated heterocycles. The third-order valence-electron chi connectivity index (χ3n) is 3.86. The minimum atomic E-state index is -0.276. The zero-order valence-corrected chi connectivity index (χ0v) is 11.2. The second-order valence-electron chi connectivity index (χ2n) is 5.27. The van der Waals surface area contributed by atoms with Crippen molar-refractivity contribution in [3.63, 3.8) is 0 Å². The van der Waals surface area contributed by atoms with Gasteiger partial charge in [-0.05, 0) is 24.8 Å². The van der Waals surface area contributed by atoms with E-state index in [9.17, 15) is 4.79 Å². The maximum Gasteiger partial charge on any atom is 0.176 e. The minimum absolute atomic E-state index is 0.223. The van der Waals surface area contributed by atoms with E-state index in [1.807, 2.05) is 29.1 Å². The van der Waals surface area contributed by atoms with E-state index in [1.165, 1.54) is 0 Å². The predicted octanol–water partition coefficient (Wildman–Crippen LogP) is 3.21. The fraction of sp³-hybridized carbons (Fsp3) is 0.375. The van der Waals surface area contributed by atoms with Crippen LogP contribution in [0, 0.1) is 0 Å². The molecule has 1 heterocycles. The van der Waals surface area contributed by atoms with Gasteiger partial charge >= 0.3 is 0 Å². The van der Waals surface area contributed by atoms with Crippen molar-refractivity contribution in [1.29, 1.82) is 0 Å². The molecule has 19 heavy (non-hydrogen) atoms. The van der Waals surface area contributed by atoms with Gasteiger partial charge in [0.2, 0.25) is 0 Å².